The maximum atomic E-state index is 13.9. The quantitative estimate of drug-likeness (QED) is 0.592. The van der Waals surface area contributed by atoms with E-state index in [1.54, 1.807) is 30.8 Å². The third-order valence-corrected chi connectivity index (χ3v) is 7.93. The molecular formula is C24H36F3N5O4. The Morgan fingerprint density at radius 2 is 1.97 bits per heavy atom. The molecule has 1 aliphatic carbocycles. The topological polar surface area (TPSA) is 100 Å². The summed E-state index contributed by atoms with van der Waals surface area (Å²) in [6.07, 6.45) is -0.887. The molecule has 2 N–H and O–H groups in total. The van der Waals surface area contributed by atoms with Crippen LogP contribution in [0.5, 0.6) is 0 Å². The fraction of sp³-hybridized carbons (Fsp3) is 0.792. The second-order valence-corrected chi connectivity index (χ2v) is 10.5. The standard InChI is InChI=1S/C24H36F3N5O4/c1-22(2,34)23(7-4-16(14-23)29-17-6-13-36-15-18(17)35-3)20(33)31-9-11-32(12-10-31)21-28-8-5-19(30-21)24(25,26)27/h5,8,16-18,29,34H,4,6-7,9-15H2,1-3H3/t16-,17?,18?,23-/m1/s1. The molecule has 0 aromatic carbocycles. The fourth-order valence-electron chi connectivity index (χ4n) is 5.71. The number of carbonyl (C=O) groups excluding carboxylic acids is 1. The number of methoxy groups -OCH3 is 1. The fourth-order valence-corrected chi connectivity index (χ4v) is 5.71. The number of carbonyl (C=O) groups is 1. The van der Waals surface area contributed by atoms with Crippen molar-refractivity contribution in [3.8, 4) is 0 Å². The summed E-state index contributed by atoms with van der Waals surface area (Å²) in [6, 6.07) is 1.02. The Morgan fingerprint density at radius 1 is 1.25 bits per heavy atom. The van der Waals surface area contributed by atoms with Gasteiger partial charge in [0.25, 0.3) is 0 Å². The molecule has 4 atom stereocenters. The summed E-state index contributed by atoms with van der Waals surface area (Å²) in [5, 5.41) is 14.8. The SMILES string of the molecule is COC1COCCC1N[C@@H]1CC[C@@](C(=O)N2CCN(c3nccc(C(F)(F)F)n3)CC2)(C(C)(C)O)C1. The summed E-state index contributed by atoms with van der Waals surface area (Å²) in [6.45, 7) is 5.82. The second-order valence-electron chi connectivity index (χ2n) is 10.5. The number of rotatable bonds is 6. The molecule has 2 saturated heterocycles. The van der Waals surface area contributed by atoms with Crippen molar-refractivity contribution in [3.63, 3.8) is 0 Å². The van der Waals surface area contributed by atoms with E-state index in [-0.39, 0.29) is 30.0 Å². The Hall–Kier alpha value is -2.02. The lowest BCUT2D eigenvalue weighted by Gasteiger charge is -2.45. The number of aliphatic hydroxyl groups is 1. The lowest BCUT2D eigenvalue weighted by Crippen LogP contribution is -2.59. The molecule has 4 rings (SSSR count). The summed E-state index contributed by atoms with van der Waals surface area (Å²) >= 11 is 0. The lowest BCUT2D eigenvalue weighted by atomic mass is 9.70. The van der Waals surface area contributed by atoms with Gasteiger partial charge in [-0.1, -0.05) is 0 Å². The maximum absolute atomic E-state index is 13.9. The van der Waals surface area contributed by atoms with Crippen LogP contribution in [-0.4, -0.2) is 96.2 Å². The van der Waals surface area contributed by atoms with E-state index in [1.165, 1.54) is 0 Å². The highest BCUT2D eigenvalue weighted by atomic mass is 19.4. The molecule has 36 heavy (non-hydrogen) atoms. The van der Waals surface area contributed by atoms with Crippen LogP contribution in [0.25, 0.3) is 0 Å². The van der Waals surface area contributed by atoms with Crippen LogP contribution in [0.2, 0.25) is 0 Å². The van der Waals surface area contributed by atoms with E-state index in [9.17, 15) is 23.1 Å². The van der Waals surface area contributed by atoms with E-state index in [4.69, 9.17) is 9.47 Å². The van der Waals surface area contributed by atoms with Gasteiger partial charge in [-0.2, -0.15) is 13.2 Å². The monoisotopic (exact) mass is 515 g/mol. The highest BCUT2D eigenvalue weighted by Crippen LogP contribution is 2.48. The minimum absolute atomic E-state index is 0.00316. The average molecular weight is 516 g/mol. The minimum Gasteiger partial charge on any atom is -0.389 e. The molecule has 1 amide bonds. The van der Waals surface area contributed by atoms with Crippen molar-refractivity contribution in [1.29, 1.82) is 0 Å². The van der Waals surface area contributed by atoms with Crippen molar-refractivity contribution in [2.45, 2.75) is 69.5 Å². The van der Waals surface area contributed by atoms with Gasteiger partial charge < -0.3 is 29.7 Å². The van der Waals surface area contributed by atoms with Gasteiger partial charge in [-0.3, -0.25) is 4.79 Å². The predicted octanol–water partition coefficient (Wildman–Crippen LogP) is 1.85. The zero-order chi connectivity index (χ0) is 26.1. The van der Waals surface area contributed by atoms with Crippen LogP contribution in [0, 0.1) is 5.41 Å². The van der Waals surface area contributed by atoms with Gasteiger partial charge in [0.1, 0.15) is 5.69 Å². The van der Waals surface area contributed by atoms with Crippen LogP contribution in [0.3, 0.4) is 0 Å². The normalized spacial score (nSPS) is 30.0. The van der Waals surface area contributed by atoms with Crippen LogP contribution in [0.1, 0.15) is 45.2 Å². The van der Waals surface area contributed by atoms with Gasteiger partial charge in [-0.15, -0.1) is 0 Å². The third-order valence-electron chi connectivity index (χ3n) is 7.93. The molecule has 0 spiro atoms. The highest BCUT2D eigenvalue weighted by molar-refractivity contribution is 5.85. The summed E-state index contributed by atoms with van der Waals surface area (Å²) in [5.41, 5.74) is -3.18. The molecule has 12 heteroatoms. The second kappa shape index (κ2) is 10.4. The summed E-state index contributed by atoms with van der Waals surface area (Å²) in [7, 11) is 1.66. The van der Waals surface area contributed by atoms with Gasteiger partial charge in [0.2, 0.25) is 11.9 Å². The number of aromatic nitrogens is 2. The van der Waals surface area contributed by atoms with E-state index < -0.39 is 22.9 Å². The molecule has 1 saturated carbocycles. The van der Waals surface area contributed by atoms with Gasteiger partial charge in [0, 0.05) is 58.2 Å². The molecule has 1 aromatic heterocycles. The Labute approximate surface area is 209 Å². The van der Waals surface area contributed by atoms with Gasteiger partial charge >= 0.3 is 6.18 Å². The number of nitrogens with zero attached hydrogens (tertiary/aromatic N) is 4. The van der Waals surface area contributed by atoms with Gasteiger partial charge in [-0.25, -0.2) is 9.97 Å². The summed E-state index contributed by atoms with van der Waals surface area (Å²) in [5.74, 6) is -0.109. The van der Waals surface area contributed by atoms with Crippen molar-refractivity contribution < 1.29 is 32.5 Å². The van der Waals surface area contributed by atoms with Crippen molar-refractivity contribution in [3.05, 3.63) is 18.0 Å². The van der Waals surface area contributed by atoms with E-state index >= 15 is 0 Å². The molecule has 2 aliphatic heterocycles. The molecule has 3 heterocycles. The Bertz CT molecular complexity index is 920. The number of ether oxygens (including phenoxy) is 2. The first kappa shape index (κ1) is 27.0. The Morgan fingerprint density at radius 3 is 2.61 bits per heavy atom. The van der Waals surface area contributed by atoms with E-state index in [0.717, 1.165) is 25.1 Å². The number of hydrogen-bond donors (Lipinski definition) is 2. The maximum Gasteiger partial charge on any atom is 0.433 e. The van der Waals surface area contributed by atoms with Crippen LogP contribution >= 0.6 is 0 Å². The molecule has 0 radical (unpaired) electrons. The van der Waals surface area contributed by atoms with Gasteiger partial charge in [0.05, 0.1) is 23.7 Å². The third kappa shape index (κ3) is 5.46. The minimum atomic E-state index is -4.55. The number of halogens is 3. The predicted molar refractivity (Wildman–Crippen MR) is 125 cm³/mol. The van der Waals surface area contributed by atoms with Crippen LogP contribution in [0.15, 0.2) is 12.3 Å². The number of nitrogens with one attached hydrogen (secondary N) is 1. The molecule has 1 aromatic rings. The largest absolute Gasteiger partial charge is 0.433 e. The molecule has 2 unspecified atom stereocenters. The zero-order valence-electron chi connectivity index (χ0n) is 21.1. The number of hydrogen-bond acceptors (Lipinski definition) is 8. The average Bonchev–Trinajstić information content (AvgIpc) is 3.29. The van der Waals surface area contributed by atoms with Crippen LogP contribution in [0.4, 0.5) is 19.1 Å². The van der Waals surface area contributed by atoms with Crippen LogP contribution in [-0.2, 0) is 20.4 Å². The van der Waals surface area contributed by atoms with Crippen molar-refractivity contribution in [1.82, 2.24) is 20.2 Å². The Balaban J connectivity index is 1.42. The number of piperazine rings is 1. The smallest absolute Gasteiger partial charge is 0.389 e. The van der Waals surface area contributed by atoms with Crippen LogP contribution < -0.4 is 10.2 Å². The molecule has 9 nitrogen and oxygen atoms in total. The van der Waals surface area contributed by atoms with Gasteiger partial charge in [-0.05, 0) is 45.6 Å². The number of alkyl halides is 3. The molecule has 3 aliphatic rings. The highest BCUT2D eigenvalue weighted by Gasteiger charge is 2.56. The molecule has 3 fully saturated rings. The molecule has 0 bridgehead atoms. The van der Waals surface area contributed by atoms with Gasteiger partial charge in [0.15, 0.2) is 0 Å². The van der Waals surface area contributed by atoms with E-state index in [1.807, 2.05) is 0 Å². The van der Waals surface area contributed by atoms with Crippen molar-refractivity contribution in [2.24, 2.45) is 5.41 Å². The summed E-state index contributed by atoms with van der Waals surface area (Å²) in [4.78, 5) is 24.9. The molecule has 202 valence electrons. The van der Waals surface area contributed by atoms with Crippen molar-refractivity contribution >= 4 is 11.9 Å². The zero-order valence-corrected chi connectivity index (χ0v) is 21.1. The Kier molecular flexibility index (Phi) is 7.80. The number of amides is 1. The lowest BCUT2D eigenvalue weighted by molar-refractivity contribution is -0.158. The summed E-state index contributed by atoms with van der Waals surface area (Å²) < 4.78 is 50.2. The first-order valence-electron chi connectivity index (χ1n) is 12.5. The van der Waals surface area contributed by atoms with Crippen molar-refractivity contribution in [2.75, 3.05) is 51.4 Å². The van der Waals surface area contributed by atoms with E-state index in [2.05, 4.69) is 15.3 Å². The molecular weight excluding hydrogens is 479 g/mol. The first-order valence-corrected chi connectivity index (χ1v) is 12.5. The first-order chi connectivity index (χ1) is 16.9. The number of anilines is 1. The van der Waals surface area contributed by atoms with E-state index in [0.29, 0.717) is 52.2 Å².